The molecule has 0 aliphatic heterocycles. The maximum atomic E-state index is 10.4. The van der Waals surface area contributed by atoms with Crippen molar-refractivity contribution in [2.45, 2.75) is 6.04 Å². The first-order valence-corrected chi connectivity index (χ1v) is 3.44. The van der Waals surface area contributed by atoms with Crippen LogP contribution < -0.4 is 11.1 Å². The summed E-state index contributed by atoms with van der Waals surface area (Å²) in [6.45, 7) is 0. The molecule has 6 heteroatoms. The summed E-state index contributed by atoms with van der Waals surface area (Å²) in [7, 11) is 0. The van der Waals surface area contributed by atoms with Crippen molar-refractivity contribution >= 4 is 18.6 Å². The van der Waals surface area contributed by atoms with Crippen LogP contribution in [0.2, 0.25) is 0 Å². The number of carboxylic acids is 1. The second-order valence-electron chi connectivity index (χ2n) is 2.02. The van der Waals surface area contributed by atoms with Crippen LogP contribution in [0.4, 0.5) is 0 Å². The minimum absolute atomic E-state index is 0.0488. The van der Waals surface area contributed by atoms with Crippen molar-refractivity contribution in [2.75, 3.05) is 5.75 Å². The molecule has 1 heterocycles. The monoisotopic (exact) mass is 175 g/mol. The van der Waals surface area contributed by atoms with E-state index < -0.39 is 23.1 Å². The van der Waals surface area contributed by atoms with Gasteiger partial charge in [0.1, 0.15) is 6.04 Å². The van der Waals surface area contributed by atoms with Gasteiger partial charge in [-0.15, -0.1) is 0 Å². The topological polar surface area (TPSA) is 76.4 Å². The first-order chi connectivity index (χ1) is 5.09. The maximum Gasteiger partial charge on any atom is 0.327 e. The second-order valence-corrected chi connectivity index (χ2v) is 2.38. The van der Waals surface area contributed by atoms with Crippen molar-refractivity contribution in [3.63, 3.8) is 0 Å². The van der Waals surface area contributed by atoms with E-state index in [4.69, 9.17) is 5.11 Å². The van der Waals surface area contributed by atoms with Crippen LogP contribution in [-0.4, -0.2) is 21.4 Å². The van der Waals surface area contributed by atoms with E-state index in [2.05, 4.69) is 12.6 Å². The van der Waals surface area contributed by atoms with Crippen molar-refractivity contribution in [1.29, 1.82) is 0 Å². The molecule has 0 saturated heterocycles. The Hall–Kier alpha value is -1.04. The second kappa shape index (κ2) is 2.54. The quantitative estimate of drug-likeness (QED) is 0.439. The minimum atomic E-state index is -1.21. The Labute approximate surface area is 66.4 Å². The number of aliphatic carboxylic acids is 1. The summed E-state index contributed by atoms with van der Waals surface area (Å²) < 4.78 is 0.676. The van der Waals surface area contributed by atoms with Crippen molar-refractivity contribution in [2.24, 2.45) is 0 Å². The molecule has 0 amide bonds. The normalized spacial score (nSPS) is 13.5. The molecule has 1 atom stereocenters. The Morgan fingerprint density at radius 2 is 2.00 bits per heavy atom. The van der Waals surface area contributed by atoms with Crippen LogP contribution in [0.1, 0.15) is 6.04 Å². The molecule has 0 bridgehead atoms. The number of hydrogen-bond acceptors (Lipinski definition) is 4. The fourth-order valence-electron chi connectivity index (χ4n) is 0.699. The van der Waals surface area contributed by atoms with Gasteiger partial charge in [-0.05, 0) is 0 Å². The summed E-state index contributed by atoms with van der Waals surface area (Å²) in [5, 5.41) is 8.42. The number of aromatic nitrogens is 1. The molecule has 0 spiro atoms. The molecule has 0 fully saturated rings. The van der Waals surface area contributed by atoms with Gasteiger partial charge >= 0.3 is 17.1 Å². The lowest BCUT2D eigenvalue weighted by Crippen LogP contribution is -2.19. The zero-order valence-corrected chi connectivity index (χ0v) is 6.25. The van der Waals surface area contributed by atoms with Crippen LogP contribution in [0.15, 0.2) is 9.59 Å². The Morgan fingerprint density at radius 1 is 1.55 bits per heavy atom. The maximum absolute atomic E-state index is 10.4. The molecule has 1 aromatic heterocycles. The van der Waals surface area contributed by atoms with E-state index in [1.165, 1.54) is 0 Å². The van der Waals surface area contributed by atoms with E-state index in [9.17, 15) is 14.4 Å². The van der Waals surface area contributed by atoms with Gasteiger partial charge < -0.3 is 5.11 Å². The number of thiol groups is 1. The highest BCUT2D eigenvalue weighted by molar-refractivity contribution is 7.80. The number of rotatable bonds is 3. The van der Waals surface area contributed by atoms with E-state index in [0.717, 1.165) is 0 Å². The Morgan fingerprint density at radius 3 is 2.09 bits per heavy atom. The van der Waals surface area contributed by atoms with Crippen LogP contribution in [0.5, 0.6) is 0 Å². The first kappa shape index (κ1) is 8.06. The van der Waals surface area contributed by atoms with Gasteiger partial charge in [-0.2, -0.15) is 12.6 Å². The molecule has 5 nitrogen and oxygen atoms in total. The van der Waals surface area contributed by atoms with Crippen LogP contribution in [-0.2, 0) is 4.79 Å². The molecule has 1 aromatic rings. The fraction of sp³-hybridized carbons (Fsp3) is 0.400. The highest BCUT2D eigenvalue weighted by Crippen LogP contribution is 2.03. The number of carboxylic acid groups (broad SMARTS) is 1. The molecule has 60 valence electrons. The van der Waals surface area contributed by atoms with Gasteiger partial charge in [0.15, 0.2) is 0 Å². The molecule has 1 N–H and O–H groups in total. The molecule has 0 aliphatic carbocycles. The highest BCUT2D eigenvalue weighted by Gasteiger charge is 2.29. The van der Waals surface area contributed by atoms with Gasteiger partial charge in [-0.3, -0.25) is 14.2 Å². The smallest absolute Gasteiger partial charge is 0.327 e. The molecule has 1 rings (SSSR count). The Kier molecular flexibility index (Phi) is 1.86. The summed E-state index contributed by atoms with van der Waals surface area (Å²) >= 11 is 3.69. The van der Waals surface area contributed by atoms with E-state index in [0.29, 0.717) is 4.57 Å². The molecular formula is C5H5NO4S. The lowest BCUT2D eigenvalue weighted by Gasteiger charge is -2.01. The third-order valence-electron chi connectivity index (χ3n) is 1.34. The lowest BCUT2D eigenvalue weighted by atomic mass is 10.4. The third-order valence-corrected chi connectivity index (χ3v) is 1.69. The van der Waals surface area contributed by atoms with Crippen molar-refractivity contribution in [3.8, 4) is 0 Å². The van der Waals surface area contributed by atoms with Gasteiger partial charge in [-0.1, -0.05) is 0 Å². The number of hydrogen-bond donors (Lipinski definition) is 2. The SMILES string of the molecule is O=C(O)C(CS)n1c(=O)c1=O. The van der Waals surface area contributed by atoms with E-state index in [1.54, 1.807) is 0 Å². The van der Waals surface area contributed by atoms with E-state index in [-0.39, 0.29) is 5.75 Å². The van der Waals surface area contributed by atoms with Gasteiger partial charge in [0.25, 0.3) is 0 Å². The van der Waals surface area contributed by atoms with Crippen molar-refractivity contribution in [1.82, 2.24) is 4.57 Å². The fourth-order valence-corrected chi connectivity index (χ4v) is 1.02. The van der Waals surface area contributed by atoms with Crippen LogP contribution in [0, 0.1) is 0 Å². The lowest BCUT2D eigenvalue weighted by molar-refractivity contribution is -0.139. The summed E-state index contributed by atoms with van der Waals surface area (Å²) in [6.07, 6.45) is 0. The molecule has 1 unspecified atom stereocenters. The van der Waals surface area contributed by atoms with Crippen LogP contribution >= 0.6 is 12.6 Å². The van der Waals surface area contributed by atoms with Crippen LogP contribution in [0.3, 0.4) is 0 Å². The average molecular weight is 175 g/mol. The van der Waals surface area contributed by atoms with Gasteiger partial charge in [-0.25, -0.2) is 4.79 Å². The first-order valence-electron chi connectivity index (χ1n) is 2.80. The number of nitrogens with zero attached hydrogens (tertiary/aromatic N) is 1. The predicted molar refractivity (Wildman–Crippen MR) is 39.9 cm³/mol. The van der Waals surface area contributed by atoms with Crippen molar-refractivity contribution in [3.05, 3.63) is 20.7 Å². The van der Waals surface area contributed by atoms with Gasteiger partial charge in [0.2, 0.25) is 0 Å². The number of carbonyl (C=O) groups is 1. The van der Waals surface area contributed by atoms with E-state index >= 15 is 0 Å². The van der Waals surface area contributed by atoms with Crippen LogP contribution in [0.25, 0.3) is 0 Å². The zero-order chi connectivity index (χ0) is 8.59. The summed E-state index contributed by atoms with van der Waals surface area (Å²) in [5.74, 6) is -1.26. The average Bonchev–Trinajstić information content (AvgIpc) is 2.46. The molecule has 0 saturated carbocycles. The highest BCUT2D eigenvalue weighted by atomic mass is 32.1. The minimum Gasteiger partial charge on any atom is -0.480 e. The largest absolute Gasteiger partial charge is 0.480 e. The van der Waals surface area contributed by atoms with Gasteiger partial charge in [0, 0.05) is 5.75 Å². The van der Waals surface area contributed by atoms with Crippen molar-refractivity contribution < 1.29 is 9.90 Å². The molecule has 11 heavy (non-hydrogen) atoms. The van der Waals surface area contributed by atoms with Gasteiger partial charge in [0.05, 0.1) is 0 Å². The molecule has 0 aromatic carbocycles. The summed E-state index contributed by atoms with van der Waals surface area (Å²) in [5.41, 5.74) is -1.49. The summed E-state index contributed by atoms with van der Waals surface area (Å²) in [4.78, 5) is 31.1. The Bertz CT molecular complexity index is 323. The molecular weight excluding hydrogens is 170 g/mol. The zero-order valence-electron chi connectivity index (χ0n) is 5.35. The molecule has 0 radical (unpaired) electrons. The Balaban J connectivity index is 2.91. The summed E-state index contributed by atoms with van der Waals surface area (Å²) in [6, 6.07) is -1.10. The van der Waals surface area contributed by atoms with E-state index in [1.807, 2.05) is 0 Å². The molecule has 0 aliphatic rings. The predicted octanol–water partition coefficient (Wildman–Crippen LogP) is -1.36. The third kappa shape index (κ3) is 1.21. The standard InChI is InChI=1S/C5H5NO4S/c7-3-4(8)6(3)2(1-11)5(9)10/h2,11H,1H2,(H,9,10).